The zero-order chi connectivity index (χ0) is 24.3. The minimum absolute atomic E-state index is 0.0233. The Morgan fingerprint density at radius 3 is 2.61 bits per heavy atom. The molecule has 2 amide bonds. The number of carbonyl (C=O) groups is 2. The molecule has 0 bridgehead atoms. The molecule has 0 saturated carbocycles. The van der Waals surface area contributed by atoms with Gasteiger partial charge in [-0.1, -0.05) is 37.3 Å². The van der Waals surface area contributed by atoms with Gasteiger partial charge in [0, 0.05) is 16.9 Å². The Balaban J connectivity index is 1.94. The van der Waals surface area contributed by atoms with Gasteiger partial charge in [-0.3, -0.25) is 9.59 Å². The molecule has 1 aliphatic rings. The largest absolute Gasteiger partial charge is 0.505 e. The molecule has 1 heterocycles. The van der Waals surface area contributed by atoms with Crippen LogP contribution in [0.3, 0.4) is 0 Å². The number of nitrogens with zero attached hydrogens (tertiary/aromatic N) is 1. The number of thioether (sulfide) groups is 1. The van der Waals surface area contributed by atoms with Crippen LogP contribution < -0.4 is 15.8 Å². The van der Waals surface area contributed by atoms with Gasteiger partial charge in [0.2, 0.25) is 11.8 Å². The summed E-state index contributed by atoms with van der Waals surface area (Å²) in [6.45, 7) is 8.24. The number of aromatic hydroxyl groups is 1. The van der Waals surface area contributed by atoms with Crippen molar-refractivity contribution in [2.24, 2.45) is 5.73 Å². The van der Waals surface area contributed by atoms with E-state index in [-0.39, 0.29) is 11.7 Å². The van der Waals surface area contributed by atoms with Crippen molar-refractivity contribution in [1.82, 2.24) is 4.90 Å². The van der Waals surface area contributed by atoms with Gasteiger partial charge >= 0.3 is 0 Å². The van der Waals surface area contributed by atoms with Crippen molar-refractivity contribution >= 4 is 29.3 Å². The summed E-state index contributed by atoms with van der Waals surface area (Å²) < 4.78 is 5.00. The Bertz CT molecular complexity index is 1040. The number of nitrogens with two attached hydrogens (primary N) is 1. The molecule has 4 N–H and O–H groups in total. The number of hydrogen-bond donors (Lipinski definition) is 3. The van der Waals surface area contributed by atoms with Crippen LogP contribution in [0.1, 0.15) is 49.8 Å². The molecule has 1 aliphatic heterocycles. The maximum absolute atomic E-state index is 13.6. The second-order valence-electron chi connectivity index (χ2n) is 8.81. The summed E-state index contributed by atoms with van der Waals surface area (Å²) in [6.07, 6.45) is 0.461. The highest BCUT2D eigenvalue weighted by molar-refractivity contribution is 8.00. The third-order valence-corrected chi connectivity index (χ3v) is 7.66. The number of carbonyl (C=O) groups excluding carboxylic acids is 2. The quantitative estimate of drug-likeness (QED) is 0.503. The topological polar surface area (TPSA) is 105 Å². The van der Waals surface area contributed by atoms with Gasteiger partial charge in [-0.2, -0.15) is 0 Å². The lowest BCUT2D eigenvalue weighted by Gasteiger charge is -2.31. The van der Waals surface area contributed by atoms with Gasteiger partial charge < -0.3 is 25.8 Å². The van der Waals surface area contributed by atoms with Crippen molar-refractivity contribution in [2.75, 3.05) is 18.3 Å². The second-order valence-corrected chi connectivity index (χ2v) is 10.4. The summed E-state index contributed by atoms with van der Waals surface area (Å²) in [5.41, 5.74) is 8.81. The first kappa shape index (κ1) is 24.8. The molecule has 2 aromatic rings. The number of amides is 2. The number of anilines is 1. The average Bonchev–Trinajstić information content (AvgIpc) is 3.10. The fourth-order valence-corrected chi connectivity index (χ4v) is 5.53. The van der Waals surface area contributed by atoms with Crippen molar-refractivity contribution in [2.45, 2.75) is 57.4 Å². The molecular weight excluding hydrogens is 438 g/mol. The highest BCUT2D eigenvalue weighted by Crippen LogP contribution is 2.44. The van der Waals surface area contributed by atoms with E-state index in [1.807, 2.05) is 52.0 Å². The van der Waals surface area contributed by atoms with Gasteiger partial charge in [0.1, 0.15) is 23.2 Å². The summed E-state index contributed by atoms with van der Waals surface area (Å²) in [5.74, 6) is -0.515. The molecule has 1 fully saturated rings. The van der Waals surface area contributed by atoms with Crippen LogP contribution in [-0.2, 0) is 16.1 Å². The number of hydrogen-bond acceptors (Lipinski definition) is 6. The van der Waals surface area contributed by atoms with E-state index in [9.17, 15) is 14.7 Å². The Labute approximate surface area is 199 Å². The number of primary amides is 1. The number of rotatable bonds is 8. The molecule has 0 aliphatic carbocycles. The van der Waals surface area contributed by atoms with Crippen LogP contribution in [-0.4, -0.2) is 45.6 Å². The first-order valence-corrected chi connectivity index (χ1v) is 12.0. The molecule has 0 aromatic heterocycles. The second kappa shape index (κ2) is 9.95. The van der Waals surface area contributed by atoms with Crippen LogP contribution >= 0.6 is 11.8 Å². The number of nitrogens with one attached hydrogen (secondary N) is 1. The van der Waals surface area contributed by atoms with Crippen LogP contribution in [0.2, 0.25) is 0 Å². The van der Waals surface area contributed by atoms with Crippen LogP contribution in [0.5, 0.6) is 11.5 Å². The lowest BCUT2D eigenvalue weighted by molar-refractivity contribution is -0.139. The number of benzene rings is 2. The van der Waals surface area contributed by atoms with Crippen molar-refractivity contribution in [3.63, 3.8) is 0 Å². The molecule has 2 aromatic carbocycles. The summed E-state index contributed by atoms with van der Waals surface area (Å²) in [4.78, 5) is 27.3. The zero-order valence-corrected chi connectivity index (χ0v) is 20.7. The van der Waals surface area contributed by atoms with Gasteiger partial charge in [0.15, 0.2) is 0 Å². The van der Waals surface area contributed by atoms with E-state index in [2.05, 4.69) is 5.32 Å². The fourth-order valence-electron chi connectivity index (χ4n) is 4.38. The molecule has 7 nitrogen and oxygen atoms in total. The summed E-state index contributed by atoms with van der Waals surface area (Å²) >= 11 is 1.53. The molecule has 0 radical (unpaired) electrons. The van der Waals surface area contributed by atoms with Crippen molar-refractivity contribution < 1.29 is 19.4 Å². The monoisotopic (exact) mass is 471 g/mol. The van der Waals surface area contributed by atoms with Crippen LogP contribution in [0.15, 0.2) is 36.4 Å². The highest BCUT2D eigenvalue weighted by atomic mass is 32.2. The predicted octanol–water partition coefficient (Wildman–Crippen LogP) is 3.98. The lowest BCUT2D eigenvalue weighted by Crippen LogP contribution is -2.52. The maximum atomic E-state index is 13.6. The number of methoxy groups -OCH3 is 1. The summed E-state index contributed by atoms with van der Waals surface area (Å²) in [6, 6.07) is 10.8. The Hall–Kier alpha value is -2.87. The zero-order valence-electron chi connectivity index (χ0n) is 19.8. The number of phenols is 1. The van der Waals surface area contributed by atoms with Gasteiger partial charge in [-0.25, -0.2) is 0 Å². The van der Waals surface area contributed by atoms with E-state index >= 15 is 0 Å². The van der Waals surface area contributed by atoms with Crippen molar-refractivity contribution in [3.8, 4) is 11.5 Å². The number of aryl methyl sites for hydroxylation is 1. The third-order valence-electron chi connectivity index (χ3n) is 6.29. The third kappa shape index (κ3) is 4.90. The van der Waals surface area contributed by atoms with Crippen LogP contribution in [0.4, 0.5) is 5.69 Å². The van der Waals surface area contributed by atoms with Gasteiger partial charge in [0.25, 0.3) is 0 Å². The van der Waals surface area contributed by atoms with Gasteiger partial charge in [-0.05, 0) is 44.4 Å². The molecule has 0 spiro atoms. The first-order valence-electron chi connectivity index (χ1n) is 11.0. The van der Waals surface area contributed by atoms with Gasteiger partial charge in [0.05, 0.1) is 18.9 Å². The molecule has 2 unspecified atom stereocenters. The van der Waals surface area contributed by atoms with E-state index in [0.717, 1.165) is 11.1 Å². The molecule has 33 heavy (non-hydrogen) atoms. The molecular formula is C25H33N3O4S. The van der Waals surface area contributed by atoms with E-state index in [0.29, 0.717) is 35.8 Å². The fraction of sp³-hybridized carbons (Fsp3) is 0.440. The summed E-state index contributed by atoms with van der Waals surface area (Å²) in [5, 5.41) is 14.5. The Kier molecular flexibility index (Phi) is 7.47. The molecule has 3 rings (SSSR count). The van der Waals surface area contributed by atoms with E-state index < -0.39 is 22.6 Å². The molecule has 2 atom stereocenters. The molecule has 8 heteroatoms. The number of phenolic OH excluding ortho intramolecular Hbond substituents is 1. The normalized spacial score (nSPS) is 18.1. The predicted molar refractivity (Wildman–Crippen MR) is 133 cm³/mol. The maximum Gasteiger partial charge on any atom is 0.241 e. The van der Waals surface area contributed by atoms with Crippen LogP contribution in [0.25, 0.3) is 0 Å². The van der Waals surface area contributed by atoms with E-state index in [1.165, 1.54) is 18.9 Å². The smallest absolute Gasteiger partial charge is 0.241 e. The molecule has 1 saturated heterocycles. The van der Waals surface area contributed by atoms with E-state index in [1.54, 1.807) is 17.0 Å². The van der Waals surface area contributed by atoms with Crippen LogP contribution in [0, 0.1) is 6.92 Å². The first-order chi connectivity index (χ1) is 15.6. The van der Waals surface area contributed by atoms with Crippen molar-refractivity contribution in [1.29, 1.82) is 0 Å². The highest BCUT2D eigenvalue weighted by Gasteiger charge is 2.48. The lowest BCUT2D eigenvalue weighted by atomic mass is 9.91. The minimum atomic E-state index is -0.705. The Morgan fingerprint density at radius 2 is 2.00 bits per heavy atom. The SMILES string of the molecule is CCC(C(=O)N1CSC(C)(C)C1C(N)=O)c1ccc(OC)c(NCc2ccccc2C)c1O. The van der Waals surface area contributed by atoms with Gasteiger partial charge in [-0.15, -0.1) is 11.8 Å². The number of ether oxygens (including phenoxy) is 1. The molecule has 178 valence electrons. The van der Waals surface area contributed by atoms with E-state index in [4.69, 9.17) is 10.5 Å². The summed E-state index contributed by atoms with van der Waals surface area (Å²) in [7, 11) is 1.54. The van der Waals surface area contributed by atoms with Crippen molar-refractivity contribution in [3.05, 3.63) is 53.1 Å². The Morgan fingerprint density at radius 1 is 1.30 bits per heavy atom. The standard InChI is InChI=1S/C25H33N3O4S/c1-6-17(24(31)28-14-33-25(3,4)22(28)23(26)30)18-11-12-19(32-5)20(21(18)29)27-13-16-10-8-7-9-15(16)2/h7-12,17,22,27,29H,6,13-14H2,1-5H3,(H2,26,30). The average molecular weight is 472 g/mol. The minimum Gasteiger partial charge on any atom is -0.505 e.